The van der Waals surface area contributed by atoms with Crippen molar-refractivity contribution in [3.63, 3.8) is 0 Å². The van der Waals surface area contributed by atoms with E-state index in [0.29, 0.717) is 5.92 Å². The highest BCUT2D eigenvalue weighted by atomic mass is 32.2. The Morgan fingerprint density at radius 1 is 0.651 bits per heavy atom. The molecule has 224 valence electrons. The normalized spacial score (nSPS) is 17.8. The molecule has 1 aliphatic heterocycles. The van der Waals surface area contributed by atoms with Crippen molar-refractivity contribution >= 4 is 29.2 Å². The Morgan fingerprint density at radius 3 is 1.77 bits per heavy atom. The Bertz CT molecular complexity index is 1340. The molecule has 1 saturated carbocycles. The minimum absolute atomic E-state index is 0.387. The highest BCUT2D eigenvalue weighted by molar-refractivity contribution is 8.18. The highest BCUT2D eigenvalue weighted by Crippen LogP contribution is 2.57. The van der Waals surface area contributed by atoms with E-state index in [-0.39, 0.29) is 4.08 Å². The summed E-state index contributed by atoms with van der Waals surface area (Å²) in [5, 5.41) is 12.0. The third-order valence-electron chi connectivity index (χ3n) is 9.27. The quantitative estimate of drug-likeness (QED) is 0.183. The Hall–Kier alpha value is -2.66. The van der Waals surface area contributed by atoms with Crippen LogP contribution in [0.1, 0.15) is 78.4 Å². The summed E-state index contributed by atoms with van der Waals surface area (Å²) in [5.41, 5.74) is 7.71. The Kier molecular flexibility index (Phi) is 10.5. The second-order valence-corrected chi connectivity index (χ2v) is 15.1. The van der Waals surface area contributed by atoms with Gasteiger partial charge in [0.1, 0.15) is 10.2 Å². The number of aliphatic hydroxyl groups is 1. The van der Waals surface area contributed by atoms with Gasteiger partial charge in [0.2, 0.25) is 0 Å². The van der Waals surface area contributed by atoms with Gasteiger partial charge in [0.05, 0.1) is 0 Å². The first kappa shape index (κ1) is 30.4. The molecule has 1 heterocycles. The molecule has 2 fully saturated rings. The molecule has 4 aromatic rings. The minimum atomic E-state index is -0.554. The topological polar surface area (TPSA) is 23.5 Å². The molecule has 1 atom stereocenters. The minimum Gasteiger partial charge on any atom is -0.386 e. The fraction of sp³-hybridized carbons (Fsp3) is 0.385. The summed E-state index contributed by atoms with van der Waals surface area (Å²) in [4.78, 5) is 2.53. The van der Waals surface area contributed by atoms with E-state index in [0.717, 1.165) is 43.0 Å². The van der Waals surface area contributed by atoms with Crippen molar-refractivity contribution in [1.82, 2.24) is 0 Å². The van der Waals surface area contributed by atoms with E-state index in [2.05, 4.69) is 114 Å². The zero-order valence-electron chi connectivity index (χ0n) is 25.2. The van der Waals surface area contributed by atoms with E-state index in [9.17, 15) is 5.11 Å². The monoisotopic (exact) mass is 607 g/mol. The van der Waals surface area contributed by atoms with Gasteiger partial charge in [-0.2, -0.15) is 0 Å². The zero-order valence-corrected chi connectivity index (χ0v) is 26.9. The summed E-state index contributed by atoms with van der Waals surface area (Å²) in [6.45, 7) is 1.95. The maximum atomic E-state index is 12.0. The SMILES string of the molecule is OC(c1ccc(C2CCCCC2)cc1)C1(c2ccc(N(CCc3ccccc3)CCc3ccccc3)cc2)SCCCS1. The van der Waals surface area contributed by atoms with Crippen LogP contribution in [-0.4, -0.2) is 29.7 Å². The van der Waals surface area contributed by atoms with Crippen LogP contribution in [0.3, 0.4) is 0 Å². The van der Waals surface area contributed by atoms with Crippen LogP contribution in [0.15, 0.2) is 109 Å². The zero-order chi connectivity index (χ0) is 29.3. The average Bonchev–Trinajstić information content (AvgIpc) is 3.10. The fourth-order valence-electron chi connectivity index (χ4n) is 6.73. The van der Waals surface area contributed by atoms with E-state index in [1.165, 1.54) is 66.5 Å². The van der Waals surface area contributed by atoms with Crippen molar-refractivity contribution < 1.29 is 5.11 Å². The van der Waals surface area contributed by atoms with Crippen molar-refractivity contribution in [3.8, 4) is 0 Å². The standard InChI is InChI=1S/C39H45NOS2/c41-38(35-19-17-34(18-20-35)33-15-8-3-9-16-33)39(42-29-10-30-43-39)36-21-23-37(24-22-36)40(27-25-31-11-4-1-5-12-31)28-26-32-13-6-2-7-14-32/h1-2,4-7,11-14,17-24,33,38,41H,3,8-10,15-16,25-30H2. The molecule has 0 bridgehead atoms. The third-order valence-corrected chi connectivity index (χ3v) is 12.7. The Morgan fingerprint density at radius 2 is 1.21 bits per heavy atom. The lowest BCUT2D eigenvalue weighted by atomic mass is 9.83. The summed E-state index contributed by atoms with van der Waals surface area (Å²) in [6, 6.07) is 39.8. The molecular weight excluding hydrogens is 563 g/mol. The van der Waals surface area contributed by atoms with Crippen molar-refractivity contribution in [3.05, 3.63) is 137 Å². The molecule has 0 aromatic heterocycles. The van der Waals surface area contributed by atoms with Crippen LogP contribution in [0.4, 0.5) is 5.69 Å². The lowest BCUT2D eigenvalue weighted by Gasteiger charge is -2.41. The first-order chi connectivity index (χ1) is 21.2. The number of rotatable bonds is 11. The maximum absolute atomic E-state index is 12.0. The van der Waals surface area contributed by atoms with Crippen LogP contribution in [0, 0.1) is 0 Å². The molecule has 0 radical (unpaired) electrons. The van der Waals surface area contributed by atoms with Gasteiger partial charge in [-0.15, -0.1) is 23.5 Å². The van der Waals surface area contributed by atoms with Gasteiger partial charge >= 0.3 is 0 Å². The number of anilines is 1. The van der Waals surface area contributed by atoms with Crippen molar-refractivity contribution in [2.45, 2.75) is 67.5 Å². The van der Waals surface area contributed by atoms with Gasteiger partial charge in [-0.25, -0.2) is 0 Å². The summed E-state index contributed by atoms with van der Waals surface area (Å²) in [6.07, 6.45) is 9.34. The first-order valence-electron chi connectivity index (χ1n) is 16.2. The van der Waals surface area contributed by atoms with E-state index in [4.69, 9.17) is 0 Å². The number of aliphatic hydroxyl groups excluding tert-OH is 1. The van der Waals surface area contributed by atoms with Crippen molar-refractivity contribution in [1.29, 1.82) is 0 Å². The molecule has 4 heteroatoms. The molecule has 0 amide bonds. The molecule has 2 aliphatic rings. The number of hydrogen-bond acceptors (Lipinski definition) is 4. The molecule has 2 nitrogen and oxygen atoms in total. The number of benzene rings is 4. The van der Waals surface area contributed by atoms with Crippen LogP contribution < -0.4 is 4.90 Å². The van der Waals surface area contributed by atoms with Crippen LogP contribution in [0.2, 0.25) is 0 Å². The van der Waals surface area contributed by atoms with E-state index in [1.54, 1.807) is 0 Å². The first-order valence-corrected chi connectivity index (χ1v) is 18.2. The number of thioether (sulfide) groups is 2. The third kappa shape index (κ3) is 7.53. The largest absolute Gasteiger partial charge is 0.386 e. The molecular formula is C39H45NOS2. The van der Waals surface area contributed by atoms with Gasteiger partial charge in [-0.05, 0) is 89.5 Å². The van der Waals surface area contributed by atoms with Crippen LogP contribution in [0.5, 0.6) is 0 Å². The van der Waals surface area contributed by atoms with Crippen LogP contribution in [-0.2, 0) is 16.9 Å². The van der Waals surface area contributed by atoms with Gasteiger partial charge in [0, 0.05) is 18.8 Å². The smallest absolute Gasteiger partial charge is 0.116 e. The Balaban J connectivity index is 1.22. The predicted octanol–water partition coefficient (Wildman–Crippen LogP) is 9.78. The Labute approximate surface area is 267 Å². The van der Waals surface area contributed by atoms with Gasteiger partial charge < -0.3 is 10.0 Å². The van der Waals surface area contributed by atoms with Crippen molar-refractivity contribution in [2.24, 2.45) is 0 Å². The summed E-state index contributed by atoms with van der Waals surface area (Å²) < 4.78 is -0.387. The molecule has 1 saturated heterocycles. The van der Waals surface area contributed by atoms with E-state index in [1.807, 2.05) is 23.5 Å². The average molecular weight is 608 g/mol. The van der Waals surface area contributed by atoms with Gasteiger partial charge in [-0.3, -0.25) is 0 Å². The molecule has 0 spiro atoms. The van der Waals surface area contributed by atoms with Crippen LogP contribution >= 0.6 is 23.5 Å². The molecule has 6 rings (SSSR count). The number of hydrogen-bond donors (Lipinski definition) is 1. The van der Waals surface area contributed by atoms with Crippen LogP contribution in [0.25, 0.3) is 0 Å². The second-order valence-electron chi connectivity index (χ2n) is 12.1. The highest BCUT2D eigenvalue weighted by Gasteiger charge is 2.43. The van der Waals surface area contributed by atoms with E-state index >= 15 is 0 Å². The van der Waals surface area contributed by atoms with Gasteiger partial charge in [0.25, 0.3) is 0 Å². The second kappa shape index (κ2) is 14.9. The molecule has 43 heavy (non-hydrogen) atoms. The summed E-state index contributed by atoms with van der Waals surface area (Å²) in [7, 11) is 0. The predicted molar refractivity (Wildman–Crippen MR) is 187 cm³/mol. The molecule has 4 aromatic carbocycles. The molecule has 1 unspecified atom stereocenters. The summed E-state index contributed by atoms with van der Waals surface area (Å²) in [5.74, 6) is 2.84. The van der Waals surface area contributed by atoms with Gasteiger partial charge in [0.15, 0.2) is 0 Å². The van der Waals surface area contributed by atoms with Gasteiger partial charge in [-0.1, -0.05) is 116 Å². The molecule has 1 aliphatic carbocycles. The van der Waals surface area contributed by atoms with Crippen molar-refractivity contribution in [2.75, 3.05) is 29.5 Å². The molecule has 1 N–H and O–H groups in total. The lowest BCUT2D eigenvalue weighted by molar-refractivity contribution is 0.163. The lowest BCUT2D eigenvalue weighted by Crippen LogP contribution is -2.31. The van der Waals surface area contributed by atoms with E-state index < -0.39 is 6.10 Å². The number of nitrogens with zero attached hydrogens (tertiary/aromatic N) is 1. The maximum Gasteiger partial charge on any atom is 0.116 e. The fourth-order valence-corrected chi connectivity index (χ4v) is 10.1. The summed E-state index contributed by atoms with van der Waals surface area (Å²) >= 11 is 3.86.